The molecule has 0 aliphatic carbocycles. The average molecular weight is 404 g/mol. The number of benzene rings is 2. The minimum atomic E-state index is -0.366. The first-order chi connectivity index (χ1) is 14.4. The minimum absolute atomic E-state index is 0.195. The van der Waals surface area contributed by atoms with Gasteiger partial charge < -0.3 is 14.3 Å². The Hall–Kier alpha value is -3.67. The van der Waals surface area contributed by atoms with E-state index in [4.69, 9.17) is 4.42 Å². The Morgan fingerprint density at radius 3 is 2.67 bits per heavy atom. The van der Waals surface area contributed by atoms with Crippen molar-refractivity contribution in [1.82, 2.24) is 9.88 Å². The number of nitrogens with one attached hydrogen (secondary N) is 1. The Bertz CT molecular complexity index is 1300. The topological polar surface area (TPSA) is 64.2 Å². The van der Waals surface area contributed by atoms with Crippen molar-refractivity contribution in [3.8, 4) is 0 Å². The lowest BCUT2D eigenvalue weighted by atomic mass is 10.1. The molecule has 2 aromatic carbocycles. The van der Waals surface area contributed by atoms with Gasteiger partial charge in [0.05, 0.1) is 17.5 Å². The fourth-order valence-corrected chi connectivity index (χ4v) is 3.57. The van der Waals surface area contributed by atoms with E-state index >= 15 is 0 Å². The number of aryl methyl sites for hydroxylation is 2. The summed E-state index contributed by atoms with van der Waals surface area (Å²) in [4.78, 5) is 26.0. The monoisotopic (exact) mass is 404 g/mol. The summed E-state index contributed by atoms with van der Waals surface area (Å²) in [6.07, 6.45) is 1.59. The number of amides is 1. The molecule has 4 rings (SSSR count). The Morgan fingerprint density at radius 1 is 1.10 bits per heavy atom. The highest BCUT2D eigenvalue weighted by atomic mass is 19.1. The summed E-state index contributed by atoms with van der Waals surface area (Å²) in [5.74, 6) is -0.347. The second kappa shape index (κ2) is 7.99. The van der Waals surface area contributed by atoms with Gasteiger partial charge in [-0.05, 0) is 48.7 Å². The molecule has 0 aliphatic heterocycles. The molecule has 2 aromatic heterocycles. The zero-order valence-electron chi connectivity index (χ0n) is 16.7. The maximum Gasteiger partial charge on any atom is 0.262 e. The van der Waals surface area contributed by atoms with Crippen LogP contribution in [-0.2, 0) is 13.1 Å². The molecule has 4 aromatic rings. The van der Waals surface area contributed by atoms with Crippen molar-refractivity contribution in [1.29, 1.82) is 0 Å². The molecule has 0 saturated carbocycles. The number of furan rings is 1. The van der Waals surface area contributed by atoms with Crippen molar-refractivity contribution in [3.63, 3.8) is 0 Å². The van der Waals surface area contributed by atoms with Crippen molar-refractivity contribution >= 4 is 16.9 Å². The standard InChI is InChI=1S/C24H21FN2O3/c1-15-6-3-4-8-18(15)13-26-23(28)21-16(2)30-20-10-11-27(24(29)22(20)21)14-17-7-5-9-19(25)12-17/h3-12H,13-14H2,1-2H3,(H,26,28). The van der Waals surface area contributed by atoms with Gasteiger partial charge in [-0.3, -0.25) is 9.59 Å². The molecule has 0 bridgehead atoms. The van der Waals surface area contributed by atoms with Crippen molar-refractivity contribution in [2.75, 3.05) is 0 Å². The minimum Gasteiger partial charge on any atom is -0.460 e. The molecule has 0 radical (unpaired) electrons. The molecule has 0 atom stereocenters. The number of rotatable bonds is 5. The number of nitrogens with zero attached hydrogens (tertiary/aromatic N) is 1. The summed E-state index contributed by atoms with van der Waals surface area (Å²) >= 11 is 0. The fourth-order valence-electron chi connectivity index (χ4n) is 3.57. The number of carbonyl (C=O) groups is 1. The van der Waals surface area contributed by atoms with E-state index in [1.165, 1.54) is 16.7 Å². The number of pyridine rings is 1. The molecule has 30 heavy (non-hydrogen) atoms. The van der Waals surface area contributed by atoms with Gasteiger partial charge in [-0.2, -0.15) is 0 Å². The van der Waals surface area contributed by atoms with Crippen LogP contribution in [0.2, 0.25) is 0 Å². The van der Waals surface area contributed by atoms with Crippen LogP contribution in [0.4, 0.5) is 4.39 Å². The summed E-state index contributed by atoms with van der Waals surface area (Å²) in [7, 11) is 0. The fraction of sp³-hybridized carbons (Fsp3) is 0.167. The molecule has 0 aliphatic rings. The first kappa shape index (κ1) is 19.6. The lowest BCUT2D eigenvalue weighted by Crippen LogP contribution is -2.26. The maximum atomic E-state index is 13.5. The number of fused-ring (bicyclic) bond motifs is 1. The van der Waals surface area contributed by atoms with Crippen molar-refractivity contribution < 1.29 is 13.6 Å². The van der Waals surface area contributed by atoms with Gasteiger partial charge in [-0.1, -0.05) is 36.4 Å². The largest absolute Gasteiger partial charge is 0.460 e. The van der Waals surface area contributed by atoms with Crippen LogP contribution in [0.3, 0.4) is 0 Å². The molecule has 0 fully saturated rings. The van der Waals surface area contributed by atoms with Crippen LogP contribution in [-0.4, -0.2) is 10.5 Å². The van der Waals surface area contributed by atoms with Crippen molar-refractivity contribution in [2.45, 2.75) is 26.9 Å². The molecular formula is C24H21FN2O3. The lowest BCUT2D eigenvalue weighted by molar-refractivity contribution is 0.0950. The predicted octanol–water partition coefficient (Wildman–Crippen LogP) is 4.33. The van der Waals surface area contributed by atoms with Crippen LogP contribution < -0.4 is 10.9 Å². The first-order valence-corrected chi connectivity index (χ1v) is 9.63. The van der Waals surface area contributed by atoms with E-state index in [0.717, 1.165) is 11.1 Å². The highest BCUT2D eigenvalue weighted by Crippen LogP contribution is 2.23. The van der Waals surface area contributed by atoms with E-state index in [9.17, 15) is 14.0 Å². The predicted molar refractivity (Wildman–Crippen MR) is 113 cm³/mol. The Balaban J connectivity index is 1.67. The first-order valence-electron chi connectivity index (χ1n) is 9.63. The van der Waals surface area contributed by atoms with E-state index in [2.05, 4.69) is 5.32 Å². The number of hydrogen-bond acceptors (Lipinski definition) is 3. The van der Waals surface area contributed by atoms with E-state index in [1.807, 2.05) is 31.2 Å². The molecule has 1 N–H and O–H groups in total. The van der Waals surface area contributed by atoms with Gasteiger partial charge in [0.25, 0.3) is 11.5 Å². The third-order valence-electron chi connectivity index (χ3n) is 5.16. The number of hydrogen-bond donors (Lipinski definition) is 1. The average Bonchev–Trinajstić information content (AvgIpc) is 3.06. The summed E-state index contributed by atoms with van der Waals surface area (Å²) in [5, 5.41) is 3.11. The third-order valence-corrected chi connectivity index (χ3v) is 5.16. The molecular weight excluding hydrogens is 383 g/mol. The zero-order chi connectivity index (χ0) is 21.3. The van der Waals surface area contributed by atoms with Gasteiger partial charge in [0.1, 0.15) is 17.2 Å². The zero-order valence-corrected chi connectivity index (χ0v) is 16.7. The lowest BCUT2D eigenvalue weighted by Gasteiger charge is -2.08. The van der Waals surface area contributed by atoms with Crippen LogP contribution in [0.1, 0.15) is 32.8 Å². The van der Waals surface area contributed by atoms with E-state index in [-0.39, 0.29) is 34.8 Å². The van der Waals surface area contributed by atoms with E-state index in [1.54, 1.807) is 31.3 Å². The second-order valence-corrected chi connectivity index (χ2v) is 7.26. The summed E-state index contributed by atoms with van der Waals surface area (Å²) in [6, 6.07) is 15.5. The molecule has 5 nitrogen and oxygen atoms in total. The number of halogens is 1. The van der Waals surface area contributed by atoms with Crippen LogP contribution in [0.15, 0.2) is 70.0 Å². The molecule has 2 heterocycles. The SMILES string of the molecule is Cc1ccccc1CNC(=O)c1c(C)oc2ccn(Cc3cccc(F)c3)c(=O)c12. The number of aromatic nitrogens is 1. The smallest absolute Gasteiger partial charge is 0.262 e. The summed E-state index contributed by atoms with van der Waals surface area (Å²) < 4.78 is 20.6. The molecule has 1 amide bonds. The number of carbonyl (C=O) groups excluding carboxylic acids is 1. The van der Waals surface area contributed by atoms with Gasteiger partial charge >= 0.3 is 0 Å². The van der Waals surface area contributed by atoms with Gasteiger partial charge in [0, 0.05) is 12.7 Å². The highest BCUT2D eigenvalue weighted by Gasteiger charge is 2.22. The molecule has 0 unspecified atom stereocenters. The van der Waals surface area contributed by atoms with Gasteiger partial charge in [0.2, 0.25) is 0 Å². The quantitative estimate of drug-likeness (QED) is 0.539. The normalized spacial score (nSPS) is 11.0. The molecule has 152 valence electrons. The third kappa shape index (κ3) is 3.76. The molecule has 6 heteroatoms. The van der Waals surface area contributed by atoms with Gasteiger partial charge in [-0.15, -0.1) is 0 Å². The Morgan fingerprint density at radius 2 is 1.90 bits per heavy atom. The highest BCUT2D eigenvalue weighted by molar-refractivity contribution is 6.06. The summed E-state index contributed by atoms with van der Waals surface area (Å²) in [5.41, 5.74) is 2.96. The maximum absolute atomic E-state index is 13.5. The van der Waals surface area contributed by atoms with Crippen LogP contribution >= 0.6 is 0 Å². The molecule has 0 saturated heterocycles. The van der Waals surface area contributed by atoms with E-state index < -0.39 is 0 Å². The van der Waals surface area contributed by atoms with Crippen LogP contribution in [0.25, 0.3) is 11.0 Å². The second-order valence-electron chi connectivity index (χ2n) is 7.26. The van der Waals surface area contributed by atoms with Crippen molar-refractivity contribution in [2.24, 2.45) is 0 Å². The Kier molecular flexibility index (Phi) is 5.23. The van der Waals surface area contributed by atoms with Gasteiger partial charge in [0.15, 0.2) is 0 Å². The van der Waals surface area contributed by atoms with Crippen LogP contribution in [0.5, 0.6) is 0 Å². The van der Waals surface area contributed by atoms with E-state index in [0.29, 0.717) is 23.5 Å². The van der Waals surface area contributed by atoms with Gasteiger partial charge in [-0.25, -0.2) is 4.39 Å². The summed E-state index contributed by atoms with van der Waals surface area (Å²) in [6.45, 7) is 4.19. The van der Waals surface area contributed by atoms with Crippen LogP contribution in [0, 0.1) is 19.7 Å². The van der Waals surface area contributed by atoms with Crippen molar-refractivity contribution in [3.05, 3.63) is 105 Å². The Labute approximate surface area is 172 Å². The molecule has 0 spiro atoms.